The van der Waals surface area contributed by atoms with Gasteiger partial charge in [0.15, 0.2) is 5.03 Å². The maximum absolute atomic E-state index is 12.1. The van der Waals surface area contributed by atoms with Crippen LogP contribution in [0.2, 0.25) is 0 Å². The van der Waals surface area contributed by atoms with Crippen LogP contribution < -0.4 is 4.72 Å². The van der Waals surface area contributed by atoms with E-state index in [4.69, 9.17) is 5.11 Å². The minimum atomic E-state index is -3.66. The molecule has 1 heterocycles. The van der Waals surface area contributed by atoms with Gasteiger partial charge < -0.3 is 5.11 Å². The van der Waals surface area contributed by atoms with Crippen LogP contribution in [0.4, 0.5) is 0 Å². The van der Waals surface area contributed by atoms with E-state index >= 15 is 0 Å². The van der Waals surface area contributed by atoms with Gasteiger partial charge >= 0.3 is 0 Å². The zero-order chi connectivity index (χ0) is 14.6. The SMILES string of the molecule is O=S(=O)(NCc1ccccc1Br)c1ccc(CO)cn1. The lowest BCUT2D eigenvalue weighted by atomic mass is 10.2. The molecule has 1 aromatic carbocycles. The van der Waals surface area contributed by atoms with Gasteiger partial charge in [-0.15, -0.1) is 0 Å². The molecule has 0 unspecified atom stereocenters. The van der Waals surface area contributed by atoms with Crippen molar-refractivity contribution in [3.05, 3.63) is 58.2 Å². The first-order chi connectivity index (χ1) is 9.53. The molecule has 0 amide bonds. The maximum atomic E-state index is 12.1. The number of nitrogens with one attached hydrogen (secondary N) is 1. The van der Waals surface area contributed by atoms with Crippen LogP contribution in [0.5, 0.6) is 0 Å². The molecule has 0 bridgehead atoms. The van der Waals surface area contributed by atoms with E-state index in [1.807, 2.05) is 24.3 Å². The van der Waals surface area contributed by atoms with E-state index in [0.29, 0.717) is 5.56 Å². The fourth-order valence-corrected chi connectivity index (χ4v) is 2.91. The summed E-state index contributed by atoms with van der Waals surface area (Å²) in [6.45, 7) is 0.00487. The minimum Gasteiger partial charge on any atom is -0.392 e. The predicted molar refractivity (Wildman–Crippen MR) is 78.3 cm³/mol. The van der Waals surface area contributed by atoms with E-state index in [1.54, 1.807) is 0 Å². The summed E-state index contributed by atoms with van der Waals surface area (Å²) in [5.41, 5.74) is 1.40. The summed E-state index contributed by atoms with van der Waals surface area (Å²) < 4.78 is 27.5. The van der Waals surface area contributed by atoms with Gasteiger partial charge in [-0.3, -0.25) is 0 Å². The molecule has 1 aromatic heterocycles. The molecular weight excluding hydrogens is 344 g/mol. The van der Waals surface area contributed by atoms with Crippen LogP contribution in [-0.4, -0.2) is 18.5 Å². The summed E-state index contributed by atoms with van der Waals surface area (Å²) in [5.74, 6) is 0. The van der Waals surface area contributed by atoms with Crippen molar-refractivity contribution in [1.82, 2.24) is 9.71 Å². The Balaban J connectivity index is 2.13. The van der Waals surface area contributed by atoms with Gasteiger partial charge in [0.2, 0.25) is 0 Å². The molecule has 0 atom stereocenters. The average molecular weight is 357 g/mol. The van der Waals surface area contributed by atoms with E-state index in [0.717, 1.165) is 10.0 Å². The zero-order valence-corrected chi connectivity index (χ0v) is 12.9. The second-order valence-electron chi connectivity index (χ2n) is 4.08. The van der Waals surface area contributed by atoms with Gasteiger partial charge in [-0.05, 0) is 23.3 Å². The normalized spacial score (nSPS) is 11.5. The number of rotatable bonds is 5. The van der Waals surface area contributed by atoms with Gasteiger partial charge in [0.05, 0.1) is 6.61 Å². The lowest BCUT2D eigenvalue weighted by Gasteiger charge is -2.08. The highest BCUT2D eigenvalue weighted by atomic mass is 79.9. The first kappa shape index (κ1) is 15.1. The van der Waals surface area contributed by atoms with Crippen LogP contribution in [0.1, 0.15) is 11.1 Å². The number of aliphatic hydroxyl groups is 1. The Bertz CT molecular complexity index is 687. The van der Waals surface area contributed by atoms with Crippen LogP contribution in [0.3, 0.4) is 0 Å². The van der Waals surface area contributed by atoms with Gasteiger partial charge in [-0.25, -0.2) is 18.1 Å². The summed E-state index contributed by atoms with van der Waals surface area (Å²) in [5, 5.41) is 8.84. The second-order valence-corrected chi connectivity index (χ2v) is 6.65. The Morgan fingerprint density at radius 3 is 2.55 bits per heavy atom. The molecule has 2 rings (SSSR count). The van der Waals surface area contributed by atoms with Crippen LogP contribution in [0.15, 0.2) is 52.1 Å². The number of aromatic nitrogens is 1. The molecule has 5 nitrogen and oxygen atoms in total. The Morgan fingerprint density at radius 2 is 1.95 bits per heavy atom. The number of halogens is 1. The van der Waals surface area contributed by atoms with Crippen molar-refractivity contribution in [1.29, 1.82) is 0 Å². The van der Waals surface area contributed by atoms with Gasteiger partial charge in [0, 0.05) is 17.2 Å². The zero-order valence-electron chi connectivity index (χ0n) is 10.5. The second kappa shape index (κ2) is 6.45. The Hall–Kier alpha value is -1.28. The molecule has 0 aliphatic heterocycles. The number of pyridine rings is 1. The van der Waals surface area contributed by atoms with E-state index in [2.05, 4.69) is 25.6 Å². The van der Waals surface area contributed by atoms with Crippen LogP contribution in [0.25, 0.3) is 0 Å². The van der Waals surface area contributed by atoms with Crippen molar-refractivity contribution in [3.63, 3.8) is 0 Å². The van der Waals surface area contributed by atoms with Gasteiger partial charge in [-0.1, -0.05) is 40.2 Å². The fourth-order valence-electron chi connectivity index (χ4n) is 1.55. The van der Waals surface area contributed by atoms with Crippen molar-refractivity contribution in [2.45, 2.75) is 18.2 Å². The molecule has 7 heteroatoms. The van der Waals surface area contributed by atoms with E-state index in [9.17, 15) is 8.42 Å². The number of hydrogen-bond acceptors (Lipinski definition) is 4. The van der Waals surface area contributed by atoms with E-state index in [-0.39, 0.29) is 18.2 Å². The lowest BCUT2D eigenvalue weighted by Crippen LogP contribution is -2.24. The van der Waals surface area contributed by atoms with Gasteiger partial charge in [0.1, 0.15) is 0 Å². The summed E-state index contributed by atoms with van der Waals surface area (Å²) >= 11 is 3.36. The molecule has 2 aromatic rings. The minimum absolute atomic E-state index is 0.0678. The molecule has 0 fully saturated rings. The summed E-state index contributed by atoms with van der Waals surface area (Å²) in [4.78, 5) is 3.83. The molecule has 0 aliphatic rings. The van der Waals surface area contributed by atoms with Crippen molar-refractivity contribution in [3.8, 4) is 0 Å². The summed E-state index contributed by atoms with van der Waals surface area (Å²) in [6.07, 6.45) is 1.34. The number of nitrogens with zero attached hydrogens (tertiary/aromatic N) is 1. The highest BCUT2D eigenvalue weighted by molar-refractivity contribution is 9.10. The summed E-state index contributed by atoms with van der Waals surface area (Å²) in [6, 6.07) is 10.3. The van der Waals surface area contributed by atoms with Crippen molar-refractivity contribution < 1.29 is 13.5 Å². The molecule has 0 saturated carbocycles. The van der Waals surface area contributed by atoms with E-state index < -0.39 is 10.0 Å². The molecule has 20 heavy (non-hydrogen) atoms. The monoisotopic (exact) mass is 356 g/mol. The van der Waals surface area contributed by atoms with Crippen molar-refractivity contribution in [2.75, 3.05) is 0 Å². The van der Waals surface area contributed by atoms with Crippen molar-refractivity contribution >= 4 is 26.0 Å². The third kappa shape index (κ3) is 3.63. The molecule has 106 valence electrons. The van der Waals surface area contributed by atoms with Crippen LogP contribution >= 0.6 is 15.9 Å². The Labute approximate surface area is 125 Å². The molecule has 0 aliphatic carbocycles. The lowest BCUT2D eigenvalue weighted by molar-refractivity contribution is 0.281. The first-order valence-corrected chi connectivity index (χ1v) is 8.09. The third-order valence-corrected chi connectivity index (χ3v) is 4.76. The smallest absolute Gasteiger partial charge is 0.258 e. The fraction of sp³-hybridized carbons (Fsp3) is 0.154. The molecule has 2 N–H and O–H groups in total. The van der Waals surface area contributed by atoms with Gasteiger partial charge in [0.25, 0.3) is 10.0 Å². The molecule has 0 radical (unpaired) electrons. The molecule has 0 spiro atoms. The van der Waals surface area contributed by atoms with Crippen LogP contribution in [-0.2, 0) is 23.2 Å². The highest BCUT2D eigenvalue weighted by Gasteiger charge is 2.15. The summed E-state index contributed by atoms with van der Waals surface area (Å²) in [7, 11) is -3.66. The largest absolute Gasteiger partial charge is 0.392 e. The first-order valence-electron chi connectivity index (χ1n) is 5.82. The highest BCUT2D eigenvalue weighted by Crippen LogP contribution is 2.16. The number of sulfonamides is 1. The van der Waals surface area contributed by atoms with E-state index in [1.165, 1.54) is 18.3 Å². The number of aliphatic hydroxyl groups excluding tert-OH is 1. The quantitative estimate of drug-likeness (QED) is 0.856. The Kier molecular flexibility index (Phi) is 4.87. The maximum Gasteiger partial charge on any atom is 0.258 e. The topological polar surface area (TPSA) is 79.3 Å². The standard InChI is InChI=1S/C13H13BrN2O3S/c14-12-4-2-1-3-11(12)8-16-20(18,19)13-6-5-10(9-17)7-15-13/h1-7,16-17H,8-9H2. The number of hydrogen-bond donors (Lipinski definition) is 2. The molecular formula is C13H13BrN2O3S. The molecule has 0 saturated heterocycles. The predicted octanol–water partition coefficient (Wildman–Crippen LogP) is 1.81. The third-order valence-electron chi connectivity index (χ3n) is 2.67. The van der Waals surface area contributed by atoms with Crippen LogP contribution in [0, 0.1) is 0 Å². The average Bonchev–Trinajstić information content (AvgIpc) is 2.46. The van der Waals surface area contributed by atoms with Crippen molar-refractivity contribution in [2.24, 2.45) is 0 Å². The number of benzene rings is 1. The van der Waals surface area contributed by atoms with Gasteiger partial charge in [-0.2, -0.15) is 0 Å². The Morgan fingerprint density at radius 1 is 1.20 bits per heavy atom.